The van der Waals surface area contributed by atoms with Crippen molar-refractivity contribution in [2.45, 2.75) is 26.2 Å². The Balaban J connectivity index is 0.00000242. The quantitative estimate of drug-likeness (QED) is 0.421. The molecule has 2 unspecified atom stereocenters. The summed E-state index contributed by atoms with van der Waals surface area (Å²) in [6.07, 6.45) is 1.16. The van der Waals surface area contributed by atoms with Gasteiger partial charge in [-0.1, -0.05) is 6.92 Å². The lowest BCUT2D eigenvalue weighted by atomic mass is 10.1. The molecule has 1 aliphatic heterocycles. The first kappa shape index (κ1) is 19.7. The first-order valence-corrected chi connectivity index (χ1v) is 8.74. The Bertz CT molecular complexity index is 433. The van der Waals surface area contributed by atoms with Crippen LogP contribution in [0.1, 0.15) is 31.7 Å². The summed E-state index contributed by atoms with van der Waals surface area (Å²) in [5.41, 5.74) is 1.38. The van der Waals surface area contributed by atoms with Crippen LogP contribution in [-0.4, -0.2) is 50.8 Å². The molecular weight excluding hydrogens is 409 g/mol. The van der Waals surface area contributed by atoms with Crippen molar-refractivity contribution in [3.8, 4) is 0 Å². The highest BCUT2D eigenvalue weighted by atomic mass is 127. The molecule has 1 saturated heterocycles. The van der Waals surface area contributed by atoms with E-state index in [1.807, 2.05) is 0 Å². The highest BCUT2D eigenvalue weighted by Crippen LogP contribution is 2.18. The Hall–Kier alpha value is -0.340. The molecule has 2 atom stereocenters. The van der Waals surface area contributed by atoms with Gasteiger partial charge in [0.15, 0.2) is 5.96 Å². The van der Waals surface area contributed by atoms with Crippen LogP contribution in [0, 0.1) is 5.92 Å². The molecule has 0 aliphatic carbocycles. The van der Waals surface area contributed by atoms with Gasteiger partial charge in [-0.15, -0.1) is 24.0 Å². The molecule has 2 rings (SSSR count). The number of aliphatic imine (C=N–C) groups is 1. The van der Waals surface area contributed by atoms with Crippen molar-refractivity contribution >= 4 is 41.3 Å². The zero-order chi connectivity index (χ0) is 15.1. The van der Waals surface area contributed by atoms with Crippen LogP contribution in [0.5, 0.6) is 0 Å². The molecule has 0 bridgehead atoms. The standard InChI is InChI=1S/C16H27N3OS.HI/c1-4-17-16(19(3)10-14-5-7-20-11-14)18-9-13(2)15-6-8-21-12-15;/h6,8,12-14H,4-5,7,9-11H2,1-3H3,(H,17,18);1H. The summed E-state index contributed by atoms with van der Waals surface area (Å²) in [5.74, 6) is 2.10. The Morgan fingerprint density at radius 2 is 2.41 bits per heavy atom. The Morgan fingerprint density at radius 1 is 1.59 bits per heavy atom. The number of rotatable bonds is 6. The molecule has 22 heavy (non-hydrogen) atoms. The fourth-order valence-electron chi connectivity index (χ4n) is 2.55. The second kappa shape index (κ2) is 10.4. The molecule has 2 heterocycles. The predicted molar refractivity (Wildman–Crippen MR) is 106 cm³/mol. The molecule has 1 aromatic rings. The molecule has 0 aromatic carbocycles. The van der Waals surface area contributed by atoms with Crippen molar-refractivity contribution in [3.05, 3.63) is 22.4 Å². The summed E-state index contributed by atoms with van der Waals surface area (Å²) in [4.78, 5) is 7.05. The van der Waals surface area contributed by atoms with E-state index in [9.17, 15) is 0 Å². The number of hydrogen-bond donors (Lipinski definition) is 1. The molecule has 6 heteroatoms. The molecule has 4 nitrogen and oxygen atoms in total. The minimum Gasteiger partial charge on any atom is -0.381 e. The van der Waals surface area contributed by atoms with Crippen LogP contribution < -0.4 is 5.32 Å². The number of thiophene rings is 1. The van der Waals surface area contributed by atoms with E-state index in [4.69, 9.17) is 9.73 Å². The van der Waals surface area contributed by atoms with E-state index in [1.165, 1.54) is 5.56 Å². The minimum absolute atomic E-state index is 0. The van der Waals surface area contributed by atoms with Gasteiger partial charge in [-0.3, -0.25) is 4.99 Å². The van der Waals surface area contributed by atoms with Crippen molar-refractivity contribution in [1.82, 2.24) is 10.2 Å². The van der Waals surface area contributed by atoms with Crippen LogP contribution in [-0.2, 0) is 4.74 Å². The van der Waals surface area contributed by atoms with E-state index in [0.29, 0.717) is 11.8 Å². The second-order valence-electron chi connectivity index (χ2n) is 5.76. The number of ether oxygens (including phenoxy) is 1. The third-order valence-electron chi connectivity index (χ3n) is 3.88. The van der Waals surface area contributed by atoms with Gasteiger partial charge in [-0.2, -0.15) is 11.3 Å². The molecule has 126 valence electrons. The topological polar surface area (TPSA) is 36.9 Å². The Labute approximate surface area is 155 Å². The number of halogens is 1. The lowest BCUT2D eigenvalue weighted by Gasteiger charge is -2.25. The molecule has 1 aromatic heterocycles. The first-order chi connectivity index (χ1) is 10.2. The van der Waals surface area contributed by atoms with Crippen molar-refractivity contribution < 1.29 is 4.74 Å². The fourth-order valence-corrected chi connectivity index (χ4v) is 3.34. The number of nitrogens with zero attached hydrogens (tertiary/aromatic N) is 2. The largest absolute Gasteiger partial charge is 0.381 e. The maximum absolute atomic E-state index is 5.46. The monoisotopic (exact) mass is 437 g/mol. The first-order valence-electron chi connectivity index (χ1n) is 7.80. The zero-order valence-corrected chi connectivity index (χ0v) is 16.9. The summed E-state index contributed by atoms with van der Waals surface area (Å²) in [5, 5.41) is 7.74. The van der Waals surface area contributed by atoms with Crippen LogP contribution >= 0.6 is 35.3 Å². The second-order valence-corrected chi connectivity index (χ2v) is 6.54. The van der Waals surface area contributed by atoms with Gasteiger partial charge < -0.3 is 15.0 Å². The Kier molecular flexibility index (Phi) is 9.35. The lowest BCUT2D eigenvalue weighted by Crippen LogP contribution is -2.41. The molecule has 1 N–H and O–H groups in total. The third kappa shape index (κ3) is 6.04. The fraction of sp³-hybridized carbons (Fsp3) is 0.688. The lowest BCUT2D eigenvalue weighted by molar-refractivity contribution is 0.181. The summed E-state index contributed by atoms with van der Waals surface area (Å²) in [6, 6.07) is 2.19. The molecule has 0 saturated carbocycles. The smallest absolute Gasteiger partial charge is 0.193 e. The van der Waals surface area contributed by atoms with Crippen LogP contribution in [0.15, 0.2) is 21.8 Å². The van der Waals surface area contributed by atoms with E-state index in [1.54, 1.807) is 11.3 Å². The zero-order valence-electron chi connectivity index (χ0n) is 13.7. The van der Waals surface area contributed by atoms with Crippen LogP contribution in [0.25, 0.3) is 0 Å². The molecule has 0 amide bonds. The molecule has 1 fully saturated rings. The number of guanidine groups is 1. The van der Waals surface area contributed by atoms with Crippen molar-refractivity contribution in [2.24, 2.45) is 10.9 Å². The van der Waals surface area contributed by atoms with Crippen LogP contribution in [0.3, 0.4) is 0 Å². The van der Waals surface area contributed by atoms with Crippen molar-refractivity contribution in [1.29, 1.82) is 0 Å². The van der Waals surface area contributed by atoms with E-state index in [0.717, 1.165) is 45.2 Å². The SMILES string of the molecule is CCNC(=NCC(C)c1ccsc1)N(C)CC1CCOC1.I. The molecule has 1 aliphatic rings. The van der Waals surface area contributed by atoms with Gasteiger partial charge in [0.2, 0.25) is 0 Å². The van der Waals surface area contributed by atoms with Gasteiger partial charge in [0.1, 0.15) is 0 Å². The van der Waals surface area contributed by atoms with E-state index < -0.39 is 0 Å². The van der Waals surface area contributed by atoms with Crippen LogP contribution in [0.2, 0.25) is 0 Å². The highest BCUT2D eigenvalue weighted by Gasteiger charge is 2.19. The predicted octanol–water partition coefficient (Wildman–Crippen LogP) is 3.40. The molecule has 0 radical (unpaired) electrons. The molecule has 0 spiro atoms. The van der Waals surface area contributed by atoms with Gasteiger partial charge in [0, 0.05) is 45.1 Å². The van der Waals surface area contributed by atoms with Gasteiger partial charge in [0.25, 0.3) is 0 Å². The number of nitrogens with one attached hydrogen (secondary N) is 1. The molecular formula is C16H28IN3OS. The Morgan fingerprint density at radius 3 is 3.00 bits per heavy atom. The maximum Gasteiger partial charge on any atom is 0.193 e. The van der Waals surface area contributed by atoms with Gasteiger partial charge in [0.05, 0.1) is 6.61 Å². The summed E-state index contributed by atoms with van der Waals surface area (Å²) >= 11 is 1.75. The average molecular weight is 437 g/mol. The summed E-state index contributed by atoms with van der Waals surface area (Å²) in [6.45, 7) is 8.88. The van der Waals surface area contributed by atoms with E-state index >= 15 is 0 Å². The van der Waals surface area contributed by atoms with Gasteiger partial charge >= 0.3 is 0 Å². The highest BCUT2D eigenvalue weighted by molar-refractivity contribution is 14.0. The number of hydrogen-bond acceptors (Lipinski definition) is 3. The average Bonchev–Trinajstić information content (AvgIpc) is 3.15. The van der Waals surface area contributed by atoms with E-state index in [-0.39, 0.29) is 24.0 Å². The summed E-state index contributed by atoms with van der Waals surface area (Å²) in [7, 11) is 2.12. The van der Waals surface area contributed by atoms with Gasteiger partial charge in [-0.25, -0.2) is 0 Å². The van der Waals surface area contributed by atoms with Crippen molar-refractivity contribution in [3.63, 3.8) is 0 Å². The van der Waals surface area contributed by atoms with Gasteiger partial charge in [-0.05, 0) is 35.7 Å². The van der Waals surface area contributed by atoms with E-state index in [2.05, 4.69) is 47.9 Å². The van der Waals surface area contributed by atoms with Crippen molar-refractivity contribution in [2.75, 3.05) is 39.9 Å². The normalized spacial score (nSPS) is 19.6. The summed E-state index contributed by atoms with van der Waals surface area (Å²) < 4.78 is 5.46. The van der Waals surface area contributed by atoms with Crippen LogP contribution in [0.4, 0.5) is 0 Å². The third-order valence-corrected chi connectivity index (χ3v) is 4.58. The minimum atomic E-state index is 0. The maximum atomic E-state index is 5.46.